The maximum absolute atomic E-state index is 12.6. The molecule has 1 aliphatic rings. The Balaban J connectivity index is 1.84. The molecule has 3 rings (SSSR count). The second-order valence-corrected chi connectivity index (χ2v) is 5.84. The standard InChI is InChI=1S/C16H17N3O4/c1-10-17-18-13(23-10)11-4-6-12(7-5-11)14(20)19-9-3-8-16(19,2)15(21)22/h4-7H,3,8-9H2,1-2H3,(H,21,22). The largest absolute Gasteiger partial charge is 0.480 e. The second kappa shape index (κ2) is 5.49. The minimum atomic E-state index is -1.14. The fourth-order valence-corrected chi connectivity index (χ4v) is 2.84. The van der Waals surface area contributed by atoms with Crippen LogP contribution in [0.2, 0.25) is 0 Å². The Bertz CT molecular complexity index is 753. The summed E-state index contributed by atoms with van der Waals surface area (Å²) in [4.78, 5) is 25.6. The van der Waals surface area contributed by atoms with Crippen molar-refractivity contribution in [3.63, 3.8) is 0 Å². The number of likely N-dealkylation sites (tertiary alicyclic amines) is 1. The fourth-order valence-electron chi connectivity index (χ4n) is 2.84. The Kier molecular flexibility index (Phi) is 3.63. The van der Waals surface area contributed by atoms with E-state index < -0.39 is 11.5 Å². The molecular weight excluding hydrogens is 298 g/mol. The maximum Gasteiger partial charge on any atom is 0.329 e. The SMILES string of the molecule is Cc1nnc(-c2ccc(C(=O)N3CCCC3(C)C(=O)O)cc2)o1. The first-order valence-electron chi connectivity index (χ1n) is 7.38. The monoisotopic (exact) mass is 315 g/mol. The van der Waals surface area contributed by atoms with Crippen molar-refractivity contribution >= 4 is 11.9 Å². The van der Waals surface area contributed by atoms with Crippen molar-refractivity contribution < 1.29 is 19.1 Å². The molecule has 0 radical (unpaired) electrons. The minimum Gasteiger partial charge on any atom is -0.480 e. The van der Waals surface area contributed by atoms with E-state index >= 15 is 0 Å². The summed E-state index contributed by atoms with van der Waals surface area (Å²) in [5.74, 6) is -0.394. The van der Waals surface area contributed by atoms with Crippen LogP contribution < -0.4 is 0 Å². The Morgan fingerprint density at radius 1 is 1.26 bits per heavy atom. The predicted octanol–water partition coefficient (Wildman–Crippen LogP) is 2.12. The third-order valence-corrected chi connectivity index (χ3v) is 4.25. The summed E-state index contributed by atoms with van der Waals surface area (Å²) in [6, 6.07) is 6.73. The predicted molar refractivity (Wildman–Crippen MR) is 80.8 cm³/mol. The zero-order chi connectivity index (χ0) is 16.6. The van der Waals surface area contributed by atoms with Crippen molar-refractivity contribution in [2.24, 2.45) is 0 Å². The van der Waals surface area contributed by atoms with E-state index in [0.29, 0.717) is 42.3 Å². The van der Waals surface area contributed by atoms with Crippen molar-refractivity contribution in [3.05, 3.63) is 35.7 Å². The molecule has 7 nitrogen and oxygen atoms in total. The smallest absolute Gasteiger partial charge is 0.329 e. The van der Waals surface area contributed by atoms with Crippen LogP contribution in [0, 0.1) is 6.92 Å². The van der Waals surface area contributed by atoms with Crippen LogP contribution in [0.15, 0.2) is 28.7 Å². The van der Waals surface area contributed by atoms with E-state index in [1.54, 1.807) is 38.1 Å². The highest BCUT2D eigenvalue weighted by Gasteiger charge is 2.46. The van der Waals surface area contributed by atoms with Crippen LogP contribution >= 0.6 is 0 Å². The fraction of sp³-hybridized carbons (Fsp3) is 0.375. The minimum absolute atomic E-state index is 0.277. The number of rotatable bonds is 3. The molecule has 0 aliphatic carbocycles. The average Bonchev–Trinajstić information content (AvgIpc) is 3.14. The highest BCUT2D eigenvalue weighted by molar-refractivity contribution is 5.98. The van der Waals surface area contributed by atoms with Gasteiger partial charge in [-0.25, -0.2) is 4.79 Å². The van der Waals surface area contributed by atoms with E-state index in [9.17, 15) is 14.7 Å². The quantitative estimate of drug-likeness (QED) is 0.932. The topological polar surface area (TPSA) is 96.5 Å². The summed E-state index contributed by atoms with van der Waals surface area (Å²) in [6.45, 7) is 3.75. The number of hydrogen-bond acceptors (Lipinski definition) is 5. The number of aliphatic carboxylic acids is 1. The molecule has 1 N–H and O–H groups in total. The van der Waals surface area contributed by atoms with Gasteiger partial charge < -0.3 is 14.4 Å². The van der Waals surface area contributed by atoms with Gasteiger partial charge in [0.25, 0.3) is 5.91 Å². The molecule has 0 saturated carbocycles. The number of amides is 1. The maximum atomic E-state index is 12.6. The first kappa shape index (κ1) is 15.2. The van der Waals surface area contributed by atoms with E-state index in [0.717, 1.165) is 0 Å². The van der Waals surface area contributed by atoms with Gasteiger partial charge in [0.1, 0.15) is 5.54 Å². The molecule has 1 aliphatic heterocycles. The number of aryl methyl sites for hydroxylation is 1. The van der Waals surface area contributed by atoms with Crippen molar-refractivity contribution in [1.29, 1.82) is 0 Å². The van der Waals surface area contributed by atoms with Crippen LogP contribution in [-0.4, -0.2) is 44.2 Å². The zero-order valence-corrected chi connectivity index (χ0v) is 12.9. The first-order chi connectivity index (χ1) is 10.9. The van der Waals surface area contributed by atoms with E-state index in [2.05, 4.69) is 10.2 Å². The van der Waals surface area contributed by atoms with Gasteiger partial charge in [-0.2, -0.15) is 0 Å². The molecule has 7 heteroatoms. The van der Waals surface area contributed by atoms with E-state index in [-0.39, 0.29) is 5.91 Å². The average molecular weight is 315 g/mol. The molecule has 120 valence electrons. The lowest BCUT2D eigenvalue weighted by molar-refractivity contribution is -0.147. The van der Waals surface area contributed by atoms with Crippen molar-refractivity contribution in [1.82, 2.24) is 15.1 Å². The van der Waals surface area contributed by atoms with E-state index in [1.807, 2.05) is 0 Å². The molecule has 23 heavy (non-hydrogen) atoms. The molecule has 1 atom stereocenters. The molecule has 1 unspecified atom stereocenters. The number of carbonyl (C=O) groups is 2. The number of hydrogen-bond donors (Lipinski definition) is 1. The Morgan fingerprint density at radius 2 is 1.96 bits per heavy atom. The highest BCUT2D eigenvalue weighted by Crippen LogP contribution is 2.31. The summed E-state index contributed by atoms with van der Waals surface area (Å²) < 4.78 is 5.34. The summed E-state index contributed by atoms with van der Waals surface area (Å²) >= 11 is 0. The summed E-state index contributed by atoms with van der Waals surface area (Å²) in [7, 11) is 0. The first-order valence-corrected chi connectivity index (χ1v) is 7.38. The van der Waals surface area contributed by atoms with Crippen LogP contribution in [0.1, 0.15) is 36.0 Å². The number of nitrogens with zero attached hydrogens (tertiary/aromatic N) is 3. The van der Waals surface area contributed by atoms with Gasteiger partial charge in [0.05, 0.1) is 0 Å². The number of carboxylic acid groups (broad SMARTS) is 1. The van der Waals surface area contributed by atoms with E-state index in [4.69, 9.17) is 4.42 Å². The normalized spacial score (nSPS) is 20.7. The number of carbonyl (C=O) groups excluding carboxylic acids is 1. The summed E-state index contributed by atoms with van der Waals surface area (Å²) in [6.07, 6.45) is 1.15. The number of aromatic nitrogens is 2. The molecule has 0 bridgehead atoms. The van der Waals surface area contributed by atoms with Gasteiger partial charge in [0.2, 0.25) is 11.8 Å². The van der Waals surface area contributed by atoms with Crippen LogP contribution in [0.5, 0.6) is 0 Å². The third kappa shape index (κ3) is 2.58. The van der Waals surface area contributed by atoms with Gasteiger partial charge in [0, 0.05) is 24.6 Å². The second-order valence-electron chi connectivity index (χ2n) is 5.84. The van der Waals surface area contributed by atoms with Gasteiger partial charge in [-0.05, 0) is 44.0 Å². The van der Waals surface area contributed by atoms with Crippen LogP contribution in [-0.2, 0) is 4.79 Å². The van der Waals surface area contributed by atoms with Crippen molar-refractivity contribution in [3.8, 4) is 11.5 Å². The van der Waals surface area contributed by atoms with Gasteiger partial charge >= 0.3 is 5.97 Å². The Labute approximate surface area is 132 Å². The van der Waals surface area contributed by atoms with E-state index in [1.165, 1.54) is 4.90 Å². The molecule has 1 aromatic heterocycles. The molecular formula is C16H17N3O4. The van der Waals surface area contributed by atoms with Gasteiger partial charge in [0.15, 0.2) is 0 Å². The molecule has 0 spiro atoms. The number of benzene rings is 1. The van der Waals surface area contributed by atoms with Crippen molar-refractivity contribution in [2.45, 2.75) is 32.2 Å². The van der Waals surface area contributed by atoms with Gasteiger partial charge in [-0.1, -0.05) is 0 Å². The van der Waals surface area contributed by atoms with Crippen LogP contribution in [0.25, 0.3) is 11.5 Å². The third-order valence-electron chi connectivity index (χ3n) is 4.25. The summed E-state index contributed by atoms with van der Waals surface area (Å²) in [5.41, 5.74) is 0.0169. The molecule has 1 amide bonds. The van der Waals surface area contributed by atoms with Crippen LogP contribution in [0.3, 0.4) is 0 Å². The summed E-state index contributed by atoms with van der Waals surface area (Å²) in [5, 5.41) is 17.1. The molecule has 1 fully saturated rings. The lowest BCUT2D eigenvalue weighted by Gasteiger charge is -2.31. The Morgan fingerprint density at radius 3 is 2.52 bits per heavy atom. The van der Waals surface area contributed by atoms with Crippen molar-refractivity contribution in [2.75, 3.05) is 6.54 Å². The highest BCUT2D eigenvalue weighted by atomic mass is 16.4. The molecule has 2 aromatic rings. The van der Waals surface area contributed by atoms with Gasteiger partial charge in [-0.15, -0.1) is 10.2 Å². The molecule has 2 heterocycles. The Hall–Kier alpha value is -2.70. The zero-order valence-electron chi connectivity index (χ0n) is 12.9. The molecule has 1 saturated heterocycles. The lowest BCUT2D eigenvalue weighted by atomic mass is 9.98. The molecule has 1 aromatic carbocycles. The van der Waals surface area contributed by atoms with Crippen LogP contribution in [0.4, 0.5) is 0 Å². The lowest BCUT2D eigenvalue weighted by Crippen LogP contribution is -2.50. The van der Waals surface area contributed by atoms with Gasteiger partial charge in [-0.3, -0.25) is 4.79 Å². The number of carboxylic acids is 1.